The van der Waals surface area contributed by atoms with Crippen molar-refractivity contribution in [1.29, 1.82) is 0 Å². The molecule has 1 amide bonds. The van der Waals surface area contributed by atoms with E-state index in [1.54, 1.807) is 13.0 Å². The van der Waals surface area contributed by atoms with Crippen molar-refractivity contribution in [3.05, 3.63) is 57.7 Å². The highest BCUT2D eigenvalue weighted by atomic mass is 32.1. The van der Waals surface area contributed by atoms with Crippen LogP contribution >= 0.6 is 11.3 Å². The molecule has 0 aliphatic rings. The zero-order valence-corrected chi connectivity index (χ0v) is 13.9. The van der Waals surface area contributed by atoms with Crippen molar-refractivity contribution in [2.75, 3.05) is 11.9 Å². The predicted octanol–water partition coefficient (Wildman–Crippen LogP) is 3.64. The third-order valence-corrected chi connectivity index (χ3v) is 4.12. The summed E-state index contributed by atoms with van der Waals surface area (Å²) >= 11 is 1.42. The molecule has 0 aliphatic carbocycles. The van der Waals surface area contributed by atoms with E-state index in [1.807, 2.05) is 17.5 Å². The molecule has 128 valence electrons. The van der Waals surface area contributed by atoms with Gasteiger partial charge in [0.1, 0.15) is 11.5 Å². The second-order valence-electron chi connectivity index (χ2n) is 5.07. The number of carbonyl (C=O) groups is 1. The second kappa shape index (κ2) is 7.14. The molecule has 2 aromatic heterocycles. The van der Waals surface area contributed by atoms with E-state index in [-0.39, 0.29) is 12.3 Å². The van der Waals surface area contributed by atoms with Gasteiger partial charge in [0.05, 0.1) is 4.92 Å². The average molecular weight is 359 g/mol. The highest BCUT2D eigenvalue weighted by Gasteiger charge is 2.15. The monoisotopic (exact) mass is 359 g/mol. The van der Waals surface area contributed by atoms with Crippen LogP contribution in [0.25, 0.3) is 10.4 Å². The lowest BCUT2D eigenvalue weighted by Gasteiger charge is -2.10. The maximum atomic E-state index is 11.9. The summed E-state index contributed by atoms with van der Waals surface area (Å²) in [7, 11) is 0. The van der Waals surface area contributed by atoms with Gasteiger partial charge in [-0.25, -0.2) is 0 Å². The smallest absolute Gasteiger partial charge is 0.270 e. The lowest BCUT2D eigenvalue weighted by atomic mass is 10.1. The summed E-state index contributed by atoms with van der Waals surface area (Å²) in [4.78, 5) is 23.3. The van der Waals surface area contributed by atoms with E-state index in [0.717, 1.165) is 4.88 Å². The average Bonchev–Trinajstić information content (AvgIpc) is 3.24. The van der Waals surface area contributed by atoms with Crippen molar-refractivity contribution in [2.45, 2.75) is 6.92 Å². The van der Waals surface area contributed by atoms with E-state index in [2.05, 4.69) is 10.5 Å². The molecule has 1 aromatic carbocycles. The molecule has 8 nitrogen and oxygen atoms in total. The molecule has 0 atom stereocenters. The Morgan fingerprint density at radius 3 is 2.88 bits per heavy atom. The number of non-ortho nitro benzene ring substituents is 1. The van der Waals surface area contributed by atoms with Crippen LogP contribution in [0, 0.1) is 17.0 Å². The Bertz CT molecular complexity index is 904. The number of hydrogen-bond acceptors (Lipinski definition) is 7. The fourth-order valence-electron chi connectivity index (χ4n) is 2.13. The number of aromatic nitrogens is 1. The fraction of sp³-hybridized carbons (Fsp3) is 0.125. The summed E-state index contributed by atoms with van der Waals surface area (Å²) in [5, 5.41) is 19.1. The summed E-state index contributed by atoms with van der Waals surface area (Å²) in [6, 6.07) is 9.50. The van der Waals surface area contributed by atoms with E-state index in [0.29, 0.717) is 22.9 Å². The Hall–Kier alpha value is -3.20. The van der Waals surface area contributed by atoms with Crippen LogP contribution in [0.2, 0.25) is 0 Å². The van der Waals surface area contributed by atoms with Gasteiger partial charge in [-0.05, 0) is 24.4 Å². The molecule has 3 rings (SSSR count). The molecule has 0 saturated carbocycles. The highest BCUT2D eigenvalue weighted by Crippen LogP contribution is 2.36. The molecule has 0 radical (unpaired) electrons. The van der Waals surface area contributed by atoms with Crippen LogP contribution in [0.4, 0.5) is 11.5 Å². The second-order valence-corrected chi connectivity index (χ2v) is 6.02. The van der Waals surface area contributed by atoms with Crippen molar-refractivity contribution >= 4 is 28.7 Å². The third-order valence-electron chi connectivity index (χ3n) is 3.21. The van der Waals surface area contributed by atoms with Crippen LogP contribution in [-0.2, 0) is 4.79 Å². The quantitative estimate of drug-likeness (QED) is 0.532. The number of hydrogen-bond donors (Lipinski definition) is 1. The first-order valence-electron chi connectivity index (χ1n) is 7.21. The SMILES string of the molecule is Cc1cc(NC(=O)COc2ccc([N+](=O)[O-])cc2-c2cccs2)no1. The number of nitro groups is 1. The van der Waals surface area contributed by atoms with Crippen LogP contribution < -0.4 is 10.1 Å². The summed E-state index contributed by atoms with van der Waals surface area (Å²) in [6.07, 6.45) is 0. The van der Waals surface area contributed by atoms with Crippen molar-refractivity contribution in [2.24, 2.45) is 0 Å². The van der Waals surface area contributed by atoms with Gasteiger partial charge in [-0.2, -0.15) is 0 Å². The molecule has 1 N–H and O–H groups in total. The van der Waals surface area contributed by atoms with Crippen LogP contribution in [-0.4, -0.2) is 22.6 Å². The molecule has 0 aliphatic heterocycles. The van der Waals surface area contributed by atoms with Crippen molar-refractivity contribution in [3.8, 4) is 16.2 Å². The van der Waals surface area contributed by atoms with Gasteiger partial charge in [0.2, 0.25) is 0 Å². The molecule has 9 heteroatoms. The minimum absolute atomic E-state index is 0.0433. The summed E-state index contributed by atoms with van der Waals surface area (Å²) in [5.74, 6) is 0.850. The first kappa shape index (κ1) is 16.7. The Morgan fingerprint density at radius 2 is 2.24 bits per heavy atom. The maximum Gasteiger partial charge on any atom is 0.270 e. The van der Waals surface area contributed by atoms with Gasteiger partial charge in [0.25, 0.3) is 11.6 Å². The number of ether oxygens (including phenoxy) is 1. The zero-order valence-electron chi connectivity index (χ0n) is 13.1. The molecule has 0 spiro atoms. The number of carbonyl (C=O) groups excluding carboxylic acids is 1. The third kappa shape index (κ3) is 4.01. The number of nitrogens with one attached hydrogen (secondary N) is 1. The lowest BCUT2D eigenvalue weighted by Crippen LogP contribution is -2.20. The van der Waals surface area contributed by atoms with Crippen LogP contribution in [0.3, 0.4) is 0 Å². The summed E-state index contributed by atoms with van der Waals surface area (Å²) in [6.45, 7) is 1.45. The predicted molar refractivity (Wildman–Crippen MR) is 91.8 cm³/mol. The van der Waals surface area contributed by atoms with Gasteiger partial charge >= 0.3 is 0 Å². The Morgan fingerprint density at radius 1 is 1.40 bits per heavy atom. The number of nitrogens with zero attached hydrogens (tertiary/aromatic N) is 2. The molecule has 0 fully saturated rings. The molecular formula is C16H13N3O5S. The topological polar surface area (TPSA) is 108 Å². The number of benzene rings is 1. The van der Waals surface area contributed by atoms with E-state index in [4.69, 9.17) is 9.26 Å². The van der Waals surface area contributed by atoms with Gasteiger partial charge in [-0.3, -0.25) is 14.9 Å². The van der Waals surface area contributed by atoms with Crippen LogP contribution in [0.1, 0.15) is 5.76 Å². The van der Waals surface area contributed by atoms with Gasteiger partial charge in [0, 0.05) is 28.6 Å². The maximum absolute atomic E-state index is 11.9. The van der Waals surface area contributed by atoms with Gasteiger partial charge < -0.3 is 14.6 Å². The van der Waals surface area contributed by atoms with E-state index in [9.17, 15) is 14.9 Å². The molecule has 2 heterocycles. The summed E-state index contributed by atoms with van der Waals surface area (Å²) in [5.41, 5.74) is 0.521. The normalized spacial score (nSPS) is 10.4. The first-order chi connectivity index (χ1) is 12.0. The highest BCUT2D eigenvalue weighted by molar-refractivity contribution is 7.13. The largest absolute Gasteiger partial charge is 0.483 e. The fourth-order valence-corrected chi connectivity index (χ4v) is 2.88. The Balaban J connectivity index is 1.75. The number of amides is 1. The number of nitro benzene ring substituents is 1. The van der Waals surface area contributed by atoms with Crippen LogP contribution in [0.5, 0.6) is 5.75 Å². The number of rotatable bonds is 6. The number of aryl methyl sites for hydroxylation is 1. The zero-order chi connectivity index (χ0) is 17.8. The lowest BCUT2D eigenvalue weighted by molar-refractivity contribution is -0.384. The van der Waals surface area contributed by atoms with Gasteiger partial charge in [-0.15, -0.1) is 11.3 Å². The molecule has 0 saturated heterocycles. The number of anilines is 1. The van der Waals surface area contributed by atoms with Crippen molar-refractivity contribution in [3.63, 3.8) is 0 Å². The molecule has 0 unspecified atom stereocenters. The van der Waals surface area contributed by atoms with Gasteiger partial charge in [-0.1, -0.05) is 11.2 Å². The van der Waals surface area contributed by atoms with Gasteiger partial charge in [0.15, 0.2) is 12.4 Å². The van der Waals surface area contributed by atoms with E-state index < -0.39 is 10.8 Å². The molecule has 3 aromatic rings. The Labute approximate surface area is 146 Å². The van der Waals surface area contributed by atoms with E-state index in [1.165, 1.54) is 29.5 Å². The standard InChI is InChI=1S/C16H13N3O5S/c1-10-7-15(18-24-10)17-16(20)9-23-13-5-4-11(19(21)22)8-12(13)14-3-2-6-25-14/h2-8H,9H2,1H3,(H,17,18,20). The molecular weight excluding hydrogens is 346 g/mol. The minimum atomic E-state index is -0.472. The van der Waals surface area contributed by atoms with E-state index >= 15 is 0 Å². The van der Waals surface area contributed by atoms with Crippen molar-refractivity contribution in [1.82, 2.24) is 5.16 Å². The summed E-state index contributed by atoms with van der Waals surface area (Å²) < 4.78 is 10.4. The minimum Gasteiger partial charge on any atom is -0.483 e. The van der Waals surface area contributed by atoms with Crippen LogP contribution in [0.15, 0.2) is 46.3 Å². The molecule has 0 bridgehead atoms. The first-order valence-corrected chi connectivity index (χ1v) is 8.09. The molecule has 25 heavy (non-hydrogen) atoms. The van der Waals surface area contributed by atoms with Crippen molar-refractivity contribution < 1.29 is 19.0 Å². The number of thiophene rings is 1. The Kier molecular flexibility index (Phi) is 4.75.